The highest BCUT2D eigenvalue weighted by Gasteiger charge is 2.21. The summed E-state index contributed by atoms with van der Waals surface area (Å²) in [6, 6.07) is 13.2. The number of halogens is 1. The smallest absolute Gasteiger partial charge is 0.233 e. The molecule has 2 aromatic rings. The molecule has 4 nitrogen and oxygen atoms in total. The fourth-order valence-corrected chi connectivity index (χ4v) is 3.81. The Kier molecular flexibility index (Phi) is 6.33. The monoisotopic (exact) mass is 391 g/mol. The summed E-state index contributed by atoms with van der Waals surface area (Å²) in [6.45, 7) is 5.11. The maximum Gasteiger partial charge on any atom is 0.233 e. The Morgan fingerprint density at radius 1 is 1.15 bits per heavy atom. The molecule has 0 aliphatic carbocycles. The van der Waals surface area contributed by atoms with Crippen molar-refractivity contribution in [1.82, 2.24) is 5.32 Å². The lowest BCUT2D eigenvalue weighted by Gasteiger charge is -2.22. The first-order chi connectivity index (χ1) is 12.6. The van der Waals surface area contributed by atoms with E-state index < -0.39 is 0 Å². The van der Waals surface area contributed by atoms with Gasteiger partial charge in [-0.25, -0.2) is 0 Å². The predicted octanol–water partition coefficient (Wildman–Crippen LogP) is 4.86. The van der Waals surface area contributed by atoms with Gasteiger partial charge in [0.1, 0.15) is 13.2 Å². The van der Waals surface area contributed by atoms with Crippen LogP contribution in [0.15, 0.2) is 47.4 Å². The summed E-state index contributed by atoms with van der Waals surface area (Å²) < 4.78 is 11.2. The molecule has 1 aliphatic heterocycles. The van der Waals surface area contributed by atoms with Crippen LogP contribution in [0.4, 0.5) is 0 Å². The second-order valence-corrected chi connectivity index (χ2v) is 7.81. The topological polar surface area (TPSA) is 47.6 Å². The molecule has 2 atom stereocenters. The van der Waals surface area contributed by atoms with E-state index in [1.807, 2.05) is 56.3 Å². The van der Waals surface area contributed by atoms with Gasteiger partial charge in [-0.1, -0.05) is 24.6 Å². The second-order valence-electron chi connectivity index (χ2n) is 6.10. The van der Waals surface area contributed by atoms with Crippen LogP contribution >= 0.6 is 23.4 Å². The summed E-state index contributed by atoms with van der Waals surface area (Å²) in [6.07, 6.45) is 0.743. The Morgan fingerprint density at radius 2 is 1.85 bits per heavy atom. The van der Waals surface area contributed by atoms with E-state index in [0.717, 1.165) is 28.4 Å². The summed E-state index contributed by atoms with van der Waals surface area (Å²) in [4.78, 5) is 13.7. The molecular formula is C20H22ClNO3S. The molecule has 0 bridgehead atoms. The number of carbonyl (C=O) groups excluding carboxylic acids is 1. The van der Waals surface area contributed by atoms with Gasteiger partial charge in [-0.3, -0.25) is 4.79 Å². The summed E-state index contributed by atoms with van der Waals surface area (Å²) in [5.41, 5.74) is 0.994. The molecular weight excluding hydrogens is 370 g/mol. The van der Waals surface area contributed by atoms with E-state index in [2.05, 4.69) is 5.32 Å². The Labute approximate surface area is 163 Å². The maximum atomic E-state index is 12.7. The fraction of sp³-hybridized carbons (Fsp3) is 0.350. The summed E-state index contributed by atoms with van der Waals surface area (Å²) in [5.74, 6) is 1.51. The second kappa shape index (κ2) is 8.69. The zero-order valence-corrected chi connectivity index (χ0v) is 16.4. The van der Waals surface area contributed by atoms with Gasteiger partial charge in [-0.05, 0) is 55.3 Å². The minimum absolute atomic E-state index is 0.0230. The van der Waals surface area contributed by atoms with Crippen LogP contribution in [-0.4, -0.2) is 24.4 Å². The first-order valence-corrected chi connectivity index (χ1v) is 9.94. The average Bonchev–Trinajstić information content (AvgIpc) is 2.67. The quantitative estimate of drug-likeness (QED) is 0.714. The molecule has 138 valence electrons. The number of thioether (sulfide) groups is 1. The molecule has 0 saturated heterocycles. The minimum atomic E-state index is -0.157. The largest absolute Gasteiger partial charge is 0.486 e. The van der Waals surface area contributed by atoms with Crippen molar-refractivity contribution >= 4 is 29.3 Å². The molecule has 1 heterocycles. The molecule has 0 spiro atoms. The maximum absolute atomic E-state index is 12.7. The SMILES string of the molecule is CCC(Sc1ccc(Cl)cc1)C(=O)NC(C)c1ccc2c(c1)OCCO2. The first-order valence-electron chi connectivity index (χ1n) is 8.69. The van der Waals surface area contributed by atoms with Crippen LogP contribution in [0.1, 0.15) is 31.9 Å². The van der Waals surface area contributed by atoms with Gasteiger partial charge >= 0.3 is 0 Å². The third kappa shape index (κ3) is 4.65. The van der Waals surface area contributed by atoms with Crippen LogP contribution in [0, 0.1) is 0 Å². The first kappa shape index (κ1) is 18.9. The van der Waals surface area contributed by atoms with Crippen molar-refractivity contribution in [2.75, 3.05) is 13.2 Å². The van der Waals surface area contributed by atoms with Crippen LogP contribution in [0.2, 0.25) is 5.02 Å². The fourth-order valence-electron chi connectivity index (χ4n) is 2.72. The third-order valence-electron chi connectivity index (χ3n) is 4.18. The Hall–Kier alpha value is -1.85. The number of hydrogen-bond acceptors (Lipinski definition) is 4. The molecule has 3 rings (SSSR count). The van der Waals surface area contributed by atoms with E-state index in [0.29, 0.717) is 18.2 Å². The molecule has 1 aliphatic rings. The predicted molar refractivity (Wildman–Crippen MR) is 105 cm³/mol. The lowest BCUT2D eigenvalue weighted by Crippen LogP contribution is -2.34. The van der Waals surface area contributed by atoms with Crippen molar-refractivity contribution in [3.05, 3.63) is 53.1 Å². The lowest BCUT2D eigenvalue weighted by atomic mass is 10.1. The Morgan fingerprint density at radius 3 is 2.54 bits per heavy atom. The van der Waals surface area contributed by atoms with Crippen molar-refractivity contribution < 1.29 is 14.3 Å². The van der Waals surface area contributed by atoms with Gasteiger partial charge in [0.05, 0.1) is 11.3 Å². The highest BCUT2D eigenvalue weighted by Crippen LogP contribution is 2.33. The number of ether oxygens (including phenoxy) is 2. The summed E-state index contributed by atoms with van der Waals surface area (Å²) in [7, 11) is 0. The van der Waals surface area contributed by atoms with Crippen LogP contribution < -0.4 is 14.8 Å². The van der Waals surface area contributed by atoms with E-state index in [1.165, 1.54) is 0 Å². The molecule has 2 unspecified atom stereocenters. The van der Waals surface area contributed by atoms with E-state index in [4.69, 9.17) is 21.1 Å². The van der Waals surface area contributed by atoms with Gasteiger partial charge in [0.25, 0.3) is 0 Å². The van der Waals surface area contributed by atoms with Gasteiger partial charge in [0.2, 0.25) is 5.91 Å². The van der Waals surface area contributed by atoms with E-state index in [9.17, 15) is 4.79 Å². The van der Waals surface area contributed by atoms with Gasteiger partial charge in [-0.2, -0.15) is 0 Å². The van der Waals surface area contributed by atoms with Gasteiger partial charge in [0, 0.05) is 9.92 Å². The van der Waals surface area contributed by atoms with Gasteiger partial charge < -0.3 is 14.8 Å². The molecule has 6 heteroatoms. The van der Waals surface area contributed by atoms with Gasteiger partial charge in [0.15, 0.2) is 11.5 Å². The van der Waals surface area contributed by atoms with Crippen LogP contribution in [0.25, 0.3) is 0 Å². The van der Waals surface area contributed by atoms with Crippen molar-refractivity contribution in [3.8, 4) is 11.5 Å². The molecule has 0 aromatic heterocycles. The Balaban J connectivity index is 1.64. The molecule has 0 saturated carbocycles. The van der Waals surface area contributed by atoms with Crippen molar-refractivity contribution in [3.63, 3.8) is 0 Å². The summed E-state index contributed by atoms with van der Waals surface area (Å²) in [5, 5.41) is 3.64. The number of amides is 1. The minimum Gasteiger partial charge on any atom is -0.486 e. The van der Waals surface area contributed by atoms with Crippen LogP contribution in [0.5, 0.6) is 11.5 Å². The number of rotatable bonds is 6. The molecule has 0 fully saturated rings. The number of nitrogens with one attached hydrogen (secondary N) is 1. The zero-order chi connectivity index (χ0) is 18.5. The highest BCUT2D eigenvalue weighted by molar-refractivity contribution is 8.00. The molecule has 1 amide bonds. The van der Waals surface area contributed by atoms with Crippen molar-refractivity contribution in [1.29, 1.82) is 0 Å². The van der Waals surface area contributed by atoms with Crippen LogP contribution in [0.3, 0.4) is 0 Å². The number of fused-ring (bicyclic) bond motifs is 1. The van der Waals surface area contributed by atoms with E-state index in [1.54, 1.807) is 11.8 Å². The zero-order valence-electron chi connectivity index (χ0n) is 14.8. The summed E-state index contributed by atoms with van der Waals surface area (Å²) >= 11 is 7.47. The lowest BCUT2D eigenvalue weighted by molar-refractivity contribution is -0.121. The Bertz CT molecular complexity index is 766. The number of benzene rings is 2. The molecule has 0 radical (unpaired) electrons. The highest BCUT2D eigenvalue weighted by atomic mass is 35.5. The third-order valence-corrected chi connectivity index (χ3v) is 5.81. The number of hydrogen-bond donors (Lipinski definition) is 1. The molecule has 1 N–H and O–H groups in total. The number of carbonyl (C=O) groups is 1. The van der Waals surface area contributed by atoms with Gasteiger partial charge in [-0.15, -0.1) is 11.8 Å². The molecule has 2 aromatic carbocycles. The van der Waals surface area contributed by atoms with E-state index in [-0.39, 0.29) is 17.2 Å². The average molecular weight is 392 g/mol. The van der Waals surface area contributed by atoms with Crippen LogP contribution in [-0.2, 0) is 4.79 Å². The van der Waals surface area contributed by atoms with Crippen molar-refractivity contribution in [2.45, 2.75) is 36.5 Å². The van der Waals surface area contributed by atoms with Crippen molar-refractivity contribution in [2.24, 2.45) is 0 Å². The van der Waals surface area contributed by atoms with E-state index >= 15 is 0 Å². The molecule has 26 heavy (non-hydrogen) atoms. The standard InChI is InChI=1S/C20H22ClNO3S/c1-3-19(26-16-7-5-15(21)6-8-16)20(23)22-13(2)14-4-9-17-18(12-14)25-11-10-24-17/h4-9,12-13,19H,3,10-11H2,1-2H3,(H,22,23). The normalized spacial score (nSPS) is 15.2.